The standard InChI is InChI=1S/C13H15Cl2NO3S/c1-13(2)4-3-5-16(13)12(17)9-6-10(14)8-11(7-9)20(15,18)19/h6-8H,3-5H2,1-2H3. The highest BCUT2D eigenvalue weighted by Gasteiger charge is 2.36. The van der Waals surface area contributed by atoms with Gasteiger partial charge in [0.15, 0.2) is 0 Å². The molecule has 0 spiro atoms. The van der Waals surface area contributed by atoms with Crippen molar-refractivity contribution in [3.63, 3.8) is 0 Å². The van der Waals surface area contributed by atoms with Crippen LogP contribution in [-0.4, -0.2) is 31.3 Å². The van der Waals surface area contributed by atoms with Gasteiger partial charge in [-0.3, -0.25) is 4.79 Å². The number of halogens is 2. The fraction of sp³-hybridized carbons (Fsp3) is 0.462. The van der Waals surface area contributed by atoms with Crippen LogP contribution in [0.4, 0.5) is 0 Å². The Hall–Kier alpha value is -0.780. The first-order chi connectivity index (χ1) is 9.11. The highest BCUT2D eigenvalue weighted by atomic mass is 35.7. The van der Waals surface area contributed by atoms with Gasteiger partial charge in [0.1, 0.15) is 0 Å². The zero-order chi connectivity index (χ0) is 15.1. The van der Waals surface area contributed by atoms with Crippen molar-refractivity contribution in [1.82, 2.24) is 4.90 Å². The molecule has 1 saturated heterocycles. The number of amides is 1. The Balaban J connectivity index is 2.43. The van der Waals surface area contributed by atoms with Gasteiger partial charge in [-0.25, -0.2) is 8.42 Å². The average molecular weight is 336 g/mol. The van der Waals surface area contributed by atoms with E-state index in [0.717, 1.165) is 12.8 Å². The Morgan fingerprint density at radius 3 is 2.45 bits per heavy atom. The summed E-state index contributed by atoms with van der Waals surface area (Å²) in [4.78, 5) is 14.1. The average Bonchev–Trinajstić information content (AvgIpc) is 2.66. The fourth-order valence-electron chi connectivity index (χ4n) is 2.47. The maximum absolute atomic E-state index is 12.5. The van der Waals surface area contributed by atoms with Crippen molar-refractivity contribution >= 4 is 37.2 Å². The molecule has 0 unspecified atom stereocenters. The molecule has 1 aromatic carbocycles. The number of carbonyl (C=O) groups excluding carboxylic acids is 1. The number of hydrogen-bond acceptors (Lipinski definition) is 3. The summed E-state index contributed by atoms with van der Waals surface area (Å²) in [7, 11) is 1.39. The third-order valence-electron chi connectivity index (χ3n) is 3.55. The number of nitrogens with zero attached hydrogens (tertiary/aromatic N) is 1. The summed E-state index contributed by atoms with van der Waals surface area (Å²) in [6.45, 7) is 4.63. The summed E-state index contributed by atoms with van der Waals surface area (Å²) in [6, 6.07) is 3.96. The Morgan fingerprint density at radius 1 is 1.30 bits per heavy atom. The minimum absolute atomic E-state index is 0.160. The summed E-state index contributed by atoms with van der Waals surface area (Å²) in [6.07, 6.45) is 1.85. The van der Waals surface area contributed by atoms with E-state index in [1.807, 2.05) is 13.8 Å². The molecule has 110 valence electrons. The van der Waals surface area contributed by atoms with E-state index in [0.29, 0.717) is 6.54 Å². The SMILES string of the molecule is CC1(C)CCCN1C(=O)c1cc(Cl)cc(S(=O)(=O)Cl)c1. The third kappa shape index (κ3) is 3.10. The lowest BCUT2D eigenvalue weighted by Gasteiger charge is -2.31. The smallest absolute Gasteiger partial charge is 0.261 e. The molecular formula is C13H15Cl2NO3S. The van der Waals surface area contributed by atoms with Crippen molar-refractivity contribution in [3.05, 3.63) is 28.8 Å². The van der Waals surface area contributed by atoms with E-state index < -0.39 is 9.05 Å². The minimum atomic E-state index is -3.92. The molecule has 4 nitrogen and oxygen atoms in total. The molecule has 1 fully saturated rings. The topological polar surface area (TPSA) is 54.5 Å². The Labute approximate surface area is 128 Å². The molecule has 0 radical (unpaired) electrons. The van der Waals surface area contributed by atoms with Crippen LogP contribution in [0.2, 0.25) is 5.02 Å². The molecule has 0 atom stereocenters. The number of likely N-dealkylation sites (tertiary alicyclic amines) is 1. The molecule has 1 amide bonds. The molecule has 0 bridgehead atoms. The van der Waals surface area contributed by atoms with Crippen LogP contribution in [-0.2, 0) is 9.05 Å². The van der Waals surface area contributed by atoms with E-state index in [1.165, 1.54) is 18.2 Å². The first-order valence-electron chi connectivity index (χ1n) is 6.18. The number of hydrogen-bond donors (Lipinski definition) is 0. The molecule has 1 aromatic rings. The van der Waals surface area contributed by atoms with Crippen molar-refractivity contribution in [3.8, 4) is 0 Å². The second-order valence-corrected chi connectivity index (χ2v) is 8.49. The largest absolute Gasteiger partial charge is 0.334 e. The van der Waals surface area contributed by atoms with Crippen molar-refractivity contribution in [2.75, 3.05) is 6.54 Å². The van der Waals surface area contributed by atoms with Gasteiger partial charge in [0.05, 0.1) is 4.90 Å². The number of carbonyl (C=O) groups is 1. The van der Waals surface area contributed by atoms with Crippen LogP contribution in [0.5, 0.6) is 0 Å². The molecule has 1 heterocycles. The highest BCUT2D eigenvalue weighted by Crippen LogP contribution is 2.31. The summed E-state index contributed by atoms with van der Waals surface area (Å²) >= 11 is 5.88. The van der Waals surface area contributed by atoms with Gasteiger partial charge < -0.3 is 4.90 Å². The lowest BCUT2D eigenvalue weighted by Crippen LogP contribution is -2.42. The van der Waals surface area contributed by atoms with E-state index in [4.69, 9.17) is 22.3 Å². The van der Waals surface area contributed by atoms with Gasteiger partial charge >= 0.3 is 0 Å². The Kier molecular flexibility index (Phi) is 4.06. The Bertz CT molecular complexity index is 656. The van der Waals surface area contributed by atoms with Crippen LogP contribution in [0.1, 0.15) is 37.0 Å². The predicted molar refractivity (Wildman–Crippen MR) is 78.8 cm³/mol. The molecule has 0 N–H and O–H groups in total. The van der Waals surface area contributed by atoms with Crippen molar-refractivity contribution in [2.45, 2.75) is 37.1 Å². The second kappa shape index (κ2) is 5.20. The van der Waals surface area contributed by atoms with Gasteiger partial charge in [0.2, 0.25) is 0 Å². The lowest BCUT2D eigenvalue weighted by atomic mass is 10.0. The number of benzene rings is 1. The van der Waals surface area contributed by atoms with Crippen LogP contribution in [0.3, 0.4) is 0 Å². The molecule has 1 aliphatic heterocycles. The summed E-state index contributed by atoms with van der Waals surface area (Å²) in [5.41, 5.74) is 0.00561. The molecule has 0 saturated carbocycles. The summed E-state index contributed by atoms with van der Waals surface area (Å²) < 4.78 is 22.8. The van der Waals surface area contributed by atoms with Crippen LogP contribution in [0, 0.1) is 0 Å². The maximum Gasteiger partial charge on any atom is 0.261 e. The molecule has 20 heavy (non-hydrogen) atoms. The molecule has 0 aromatic heterocycles. The van der Waals surface area contributed by atoms with Crippen LogP contribution < -0.4 is 0 Å². The van der Waals surface area contributed by atoms with Crippen molar-refractivity contribution in [2.24, 2.45) is 0 Å². The van der Waals surface area contributed by atoms with Gasteiger partial charge in [0, 0.05) is 33.4 Å². The van der Waals surface area contributed by atoms with E-state index in [2.05, 4.69) is 0 Å². The monoisotopic (exact) mass is 335 g/mol. The molecule has 7 heteroatoms. The molecule has 1 aliphatic rings. The predicted octanol–water partition coefficient (Wildman–Crippen LogP) is 3.28. The minimum Gasteiger partial charge on any atom is -0.334 e. The normalized spacial score (nSPS) is 18.3. The Morgan fingerprint density at radius 2 is 1.95 bits per heavy atom. The number of rotatable bonds is 2. The van der Waals surface area contributed by atoms with Crippen molar-refractivity contribution in [1.29, 1.82) is 0 Å². The zero-order valence-corrected chi connectivity index (χ0v) is 13.5. The molecule has 0 aliphatic carbocycles. The summed E-state index contributed by atoms with van der Waals surface area (Å²) in [5, 5.41) is 0.173. The quantitative estimate of drug-likeness (QED) is 0.779. The van der Waals surface area contributed by atoms with Gasteiger partial charge in [-0.05, 0) is 44.9 Å². The van der Waals surface area contributed by atoms with E-state index in [9.17, 15) is 13.2 Å². The first kappa shape index (κ1) is 15.6. The second-order valence-electron chi connectivity index (χ2n) is 5.49. The third-order valence-corrected chi connectivity index (χ3v) is 5.10. The van der Waals surface area contributed by atoms with Crippen LogP contribution in [0.15, 0.2) is 23.1 Å². The summed E-state index contributed by atoms with van der Waals surface area (Å²) in [5.74, 6) is -0.225. The van der Waals surface area contributed by atoms with Crippen molar-refractivity contribution < 1.29 is 13.2 Å². The zero-order valence-electron chi connectivity index (χ0n) is 11.2. The first-order valence-corrected chi connectivity index (χ1v) is 8.87. The van der Waals surface area contributed by atoms with Crippen LogP contribution in [0.25, 0.3) is 0 Å². The van der Waals surface area contributed by atoms with E-state index in [1.54, 1.807) is 4.90 Å². The van der Waals surface area contributed by atoms with E-state index >= 15 is 0 Å². The van der Waals surface area contributed by atoms with Gasteiger partial charge in [-0.15, -0.1) is 0 Å². The lowest BCUT2D eigenvalue weighted by molar-refractivity contribution is 0.0651. The highest BCUT2D eigenvalue weighted by molar-refractivity contribution is 8.13. The van der Waals surface area contributed by atoms with E-state index in [-0.39, 0.29) is 26.9 Å². The fourth-order valence-corrected chi connectivity index (χ4v) is 3.57. The van der Waals surface area contributed by atoms with Crippen LogP contribution >= 0.6 is 22.3 Å². The van der Waals surface area contributed by atoms with Gasteiger partial charge in [0.25, 0.3) is 15.0 Å². The van der Waals surface area contributed by atoms with Gasteiger partial charge in [-0.1, -0.05) is 11.6 Å². The maximum atomic E-state index is 12.5. The molecular weight excluding hydrogens is 321 g/mol. The van der Waals surface area contributed by atoms with Gasteiger partial charge in [-0.2, -0.15) is 0 Å². The molecule has 2 rings (SSSR count).